The van der Waals surface area contributed by atoms with Gasteiger partial charge < -0.3 is 9.47 Å². The highest BCUT2D eigenvalue weighted by Gasteiger charge is 2.22. The van der Waals surface area contributed by atoms with Gasteiger partial charge in [-0.15, -0.1) is 0 Å². The Labute approximate surface area is 134 Å². The third kappa shape index (κ3) is 4.85. The monoisotopic (exact) mass is 331 g/mol. The van der Waals surface area contributed by atoms with E-state index in [9.17, 15) is 4.79 Å². The van der Waals surface area contributed by atoms with Crippen molar-refractivity contribution in [3.8, 4) is 0 Å². The summed E-state index contributed by atoms with van der Waals surface area (Å²) in [5, 5.41) is 1.09. The molecule has 0 aromatic heterocycles. The number of nitrogens with zero attached hydrogens (tertiary/aromatic N) is 1. The van der Waals surface area contributed by atoms with Crippen molar-refractivity contribution in [1.29, 1.82) is 0 Å². The zero-order valence-corrected chi connectivity index (χ0v) is 13.5. The van der Waals surface area contributed by atoms with Gasteiger partial charge in [-0.05, 0) is 30.7 Å². The molecule has 0 saturated carbocycles. The molecular formula is C15H19Cl2NO3. The van der Waals surface area contributed by atoms with Crippen LogP contribution in [0.2, 0.25) is 10.0 Å². The van der Waals surface area contributed by atoms with Gasteiger partial charge in [0.1, 0.15) is 0 Å². The van der Waals surface area contributed by atoms with Gasteiger partial charge in [-0.1, -0.05) is 29.3 Å². The lowest BCUT2D eigenvalue weighted by atomic mass is 10.1. The standard InChI is InChI=1S/C15H19Cl2NO3/c1-20-15(19)3-2-6-18-7-8-21-14(10-18)11-4-5-12(16)13(17)9-11/h4-5,9,14H,2-3,6-8,10H2,1H3/t14-/m0/s1. The highest BCUT2D eigenvalue weighted by molar-refractivity contribution is 6.42. The fourth-order valence-corrected chi connectivity index (χ4v) is 2.68. The van der Waals surface area contributed by atoms with Crippen LogP contribution >= 0.6 is 23.2 Å². The van der Waals surface area contributed by atoms with Crippen molar-refractivity contribution in [2.24, 2.45) is 0 Å². The molecule has 0 N–H and O–H groups in total. The molecule has 1 atom stereocenters. The lowest BCUT2D eigenvalue weighted by Crippen LogP contribution is -2.39. The van der Waals surface area contributed by atoms with Crippen molar-refractivity contribution < 1.29 is 14.3 Å². The van der Waals surface area contributed by atoms with E-state index < -0.39 is 0 Å². The van der Waals surface area contributed by atoms with Gasteiger partial charge in [0.15, 0.2) is 0 Å². The van der Waals surface area contributed by atoms with Crippen LogP contribution in [0.25, 0.3) is 0 Å². The number of halogens is 2. The molecule has 1 aliphatic heterocycles. The number of hydrogen-bond donors (Lipinski definition) is 0. The van der Waals surface area contributed by atoms with Gasteiger partial charge in [0.05, 0.1) is 29.9 Å². The first-order chi connectivity index (χ1) is 10.1. The van der Waals surface area contributed by atoms with E-state index in [0.717, 1.165) is 31.6 Å². The minimum atomic E-state index is -0.163. The van der Waals surface area contributed by atoms with Crippen LogP contribution in [0.5, 0.6) is 0 Å². The van der Waals surface area contributed by atoms with Crippen molar-refractivity contribution in [3.05, 3.63) is 33.8 Å². The molecule has 116 valence electrons. The van der Waals surface area contributed by atoms with E-state index >= 15 is 0 Å². The Morgan fingerprint density at radius 1 is 1.43 bits per heavy atom. The molecule has 0 radical (unpaired) electrons. The molecule has 0 spiro atoms. The third-order valence-electron chi connectivity index (χ3n) is 3.55. The number of benzene rings is 1. The zero-order valence-electron chi connectivity index (χ0n) is 12.0. The number of carbonyl (C=O) groups is 1. The second-order valence-corrected chi connectivity index (χ2v) is 5.83. The fourth-order valence-electron chi connectivity index (χ4n) is 2.37. The van der Waals surface area contributed by atoms with Gasteiger partial charge in [-0.2, -0.15) is 0 Å². The average molecular weight is 332 g/mol. The number of hydrogen-bond acceptors (Lipinski definition) is 4. The average Bonchev–Trinajstić information content (AvgIpc) is 2.50. The fraction of sp³-hybridized carbons (Fsp3) is 0.533. The normalized spacial score (nSPS) is 19.5. The van der Waals surface area contributed by atoms with Gasteiger partial charge in [0.25, 0.3) is 0 Å². The molecule has 6 heteroatoms. The first-order valence-corrected chi connectivity index (χ1v) is 7.71. The SMILES string of the molecule is COC(=O)CCCN1CCO[C@H](c2ccc(Cl)c(Cl)c2)C1. The number of ether oxygens (including phenoxy) is 2. The maximum Gasteiger partial charge on any atom is 0.305 e. The van der Waals surface area contributed by atoms with Crippen LogP contribution in [-0.2, 0) is 14.3 Å². The Kier molecular flexibility index (Phi) is 6.30. The summed E-state index contributed by atoms with van der Waals surface area (Å²) in [6.07, 6.45) is 1.23. The second-order valence-electron chi connectivity index (χ2n) is 5.01. The maximum absolute atomic E-state index is 11.1. The summed E-state index contributed by atoms with van der Waals surface area (Å²) in [6.45, 7) is 3.19. The molecule has 1 heterocycles. The molecule has 0 aliphatic carbocycles. The molecule has 4 nitrogen and oxygen atoms in total. The summed E-state index contributed by atoms with van der Waals surface area (Å²) in [7, 11) is 1.41. The van der Waals surface area contributed by atoms with Gasteiger partial charge in [0.2, 0.25) is 0 Å². The molecule has 2 rings (SSSR count). The lowest BCUT2D eigenvalue weighted by Gasteiger charge is -2.33. The third-order valence-corrected chi connectivity index (χ3v) is 4.29. The van der Waals surface area contributed by atoms with Crippen LogP contribution in [0.3, 0.4) is 0 Å². The molecule has 1 aromatic carbocycles. The molecule has 0 bridgehead atoms. The van der Waals surface area contributed by atoms with Crippen LogP contribution in [0, 0.1) is 0 Å². The van der Waals surface area contributed by atoms with E-state index in [4.69, 9.17) is 27.9 Å². The Bertz CT molecular complexity index is 496. The number of methoxy groups -OCH3 is 1. The quantitative estimate of drug-likeness (QED) is 0.776. The molecule has 0 amide bonds. The van der Waals surface area contributed by atoms with Crippen molar-refractivity contribution in [3.63, 3.8) is 0 Å². The van der Waals surface area contributed by atoms with Crippen LogP contribution < -0.4 is 0 Å². The van der Waals surface area contributed by atoms with Gasteiger partial charge >= 0.3 is 5.97 Å². The molecule has 21 heavy (non-hydrogen) atoms. The summed E-state index contributed by atoms with van der Waals surface area (Å²) < 4.78 is 10.4. The van der Waals surface area contributed by atoms with E-state index in [1.54, 1.807) is 6.07 Å². The predicted molar refractivity (Wildman–Crippen MR) is 82.8 cm³/mol. The van der Waals surface area contributed by atoms with Gasteiger partial charge in [0, 0.05) is 19.5 Å². The predicted octanol–water partition coefficient (Wildman–Crippen LogP) is 3.32. The van der Waals surface area contributed by atoms with Crippen molar-refractivity contribution in [1.82, 2.24) is 4.90 Å². The topological polar surface area (TPSA) is 38.8 Å². The lowest BCUT2D eigenvalue weighted by molar-refractivity contribution is -0.140. The Morgan fingerprint density at radius 2 is 2.24 bits per heavy atom. The molecule has 1 aromatic rings. The summed E-state index contributed by atoms with van der Waals surface area (Å²) in [5.41, 5.74) is 1.03. The number of rotatable bonds is 5. The van der Waals surface area contributed by atoms with E-state index in [1.165, 1.54) is 7.11 Å². The van der Waals surface area contributed by atoms with E-state index in [-0.39, 0.29) is 12.1 Å². The van der Waals surface area contributed by atoms with Crippen molar-refractivity contribution in [2.75, 3.05) is 33.4 Å². The maximum atomic E-state index is 11.1. The molecule has 1 fully saturated rings. The van der Waals surface area contributed by atoms with E-state index in [2.05, 4.69) is 9.64 Å². The smallest absolute Gasteiger partial charge is 0.305 e. The van der Waals surface area contributed by atoms with Gasteiger partial charge in [-0.3, -0.25) is 9.69 Å². The zero-order chi connectivity index (χ0) is 15.2. The Hall–Kier alpha value is -0.810. The summed E-state index contributed by atoms with van der Waals surface area (Å²) in [4.78, 5) is 13.4. The molecule has 0 unspecified atom stereocenters. The first kappa shape index (κ1) is 16.6. The number of carbonyl (C=O) groups excluding carboxylic acids is 1. The summed E-state index contributed by atoms with van der Waals surface area (Å²) in [6, 6.07) is 5.59. The molecular weight excluding hydrogens is 313 g/mol. The Morgan fingerprint density at radius 3 is 2.95 bits per heavy atom. The first-order valence-electron chi connectivity index (χ1n) is 6.96. The van der Waals surface area contributed by atoms with Crippen LogP contribution in [0.1, 0.15) is 24.5 Å². The highest BCUT2D eigenvalue weighted by atomic mass is 35.5. The minimum Gasteiger partial charge on any atom is -0.469 e. The number of esters is 1. The largest absolute Gasteiger partial charge is 0.469 e. The summed E-state index contributed by atoms with van der Waals surface area (Å²) >= 11 is 12.0. The number of morpholine rings is 1. The van der Waals surface area contributed by atoms with Gasteiger partial charge in [-0.25, -0.2) is 0 Å². The van der Waals surface area contributed by atoms with Crippen molar-refractivity contribution >= 4 is 29.2 Å². The van der Waals surface area contributed by atoms with Crippen LogP contribution in [0.15, 0.2) is 18.2 Å². The Balaban J connectivity index is 1.88. The second kappa shape index (κ2) is 7.99. The minimum absolute atomic E-state index is 0.00774. The van der Waals surface area contributed by atoms with E-state index in [1.807, 2.05) is 12.1 Å². The van der Waals surface area contributed by atoms with Crippen LogP contribution in [0.4, 0.5) is 0 Å². The van der Waals surface area contributed by atoms with E-state index in [0.29, 0.717) is 23.1 Å². The van der Waals surface area contributed by atoms with Crippen molar-refractivity contribution in [2.45, 2.75) is 18.9 Å². The molecule has 1 saturated heterocycles. The molecule has 1 aliphatic rings. The van der Waals surface area contributed by atoms with Crippen LogP contribution in [-0.4, -0.2) is 44.2 Å². The summed E-state index contributed by atoms with van der Waals surface area (Å²) in [5.74, 6) is -0.163. The highest BCUT2D eigenvalue weighted by Crippen LogP contribution is 2.29.